The predicted molar refractivity (Wildman–Crippen MR) is 72.5 cm³/mol. The molecule has 1 unspecified atom stereocenters. The fourth-order valence-corrected chi connectivity index (χ4v) is 2.92. The lowest BCUT2D eigenvalue weighted by Crippen LogP contribution is -2.50. The highest BCUT2D eigenvalue weighted by molar-refractivity contribution is 6.01. The first-order valence-electron chi connectivity index (χ1n) is 6.70. The number of pyridine rings is 1. The van der Waals surface area contributed by atoms with Crippen molar-refractivity contribution in [3.05, 3.63) is 28.4 Å². The monoisotopic (exact) mass is 290 g/mol. The quantitative estimate of drug-likeness (QED) is 0.486. The van der Waals surface area contributed by atoms with Crippen molar-refractivity contribution in [1.82, 2.24) is 10.3 Å². The maximum atomic E-state index is 12.1. The molecule has 2 aliphatic rings. The lowest BCUT2D eigenvalue weighted by atomic mass is 9.79. The molecule has 1 N–H and O–H groups in total. The standard InChI is InChI=1S/C13H14N4O4/c18-11-3-4-13(12(19)15-11)5-6-16(8-13)10-2-1-9(7-14-10)17(20)21/h1-2,7H,3-6,8H2,(H,15,18,19). The van der Waals surface area contributed by atoms with Gasteiger partial charge in [-0.2, -0.15) is 0 Å². The van der Waals surface area contributed by atoms with Crippen molar-refractivity contribution in [2.75, 3.05) is 18.0 Å². The summed E-state index contributed by atoms with van der Waals surface area (Å²) in [6, 6.07) is 2.99. The van der Waals surface area contributed by atoms with Crippen molar-refractivity contribution in [3.63, 3.8) is 0 Å². The van der Waals surface area contributed by atoms with Crippen LogP contribution in [0.3, 0.4) is 0 Å². The van der Waals surface area contributed by atoms with E-state index < -0.39 is 10.3 Å². The third-order valence-electron chi connectivity index (χ3n) is 4.19. The van der Waals surface area contributed by atoms with Crippen molar-refractivity contribution in [2.45, 2.75) is 19.3 Å². The molecule has 21 heavy (non-hydrogen) atoms. The van der Waals surface area contributed by atoms with E-state index >= 15 is 0 Å². The van der Waals surface area contributed by atoms with Crippen LogP contribution in [0.5, 0.6) is 0 Å². The molecule has 2 amide bonds. The number of nitrogens with one attached hydrogen (secondary N) is 1. The lowest BCUT2D eigenvalue weighted by molar-refractivity contribution is -0.385. The number of hydrogen-bond acceptors (Lipinski definition) is 6. The Morgan fingerprint density at radius 1 is 1.33 bits per heavy atom. The smallest absolute Gasteiger partial charge is 0.287 e. The molecule has 3 rings (SSSR count). The molecule has 0 radical (unpaired) electrons. The first-order chi connectivity index (χ1) is 10.00. The molecule has 0 aliphatic carbocycles. The Morgan fingerprint density at radius 2 is 2.14 bits per heavy atom. The van der Waals surface area contributed by atoms with Gasteiger partial charge in [-0.05, 0) is 18.9 Å². The summed E-state index contributed by atoms with van der Waals surface area (Å²) in [4.78, 5) is 39.5. The van der Waals surface area contributed by atoms with Crippen LogP contribution in [0, 0.1) is 15.5 Å². The van der Waals surface area contributed by atoms with Gasteiger partial charge in [0.1, 0.15) is 12.0 Å². The molecule has 2 fully saturated rings. The van der Waals surface area contributed by atoms with E-state index in [4.69, 9.17) is 0 Å². The fraction of sp³-hybridized carbons (Fsp3) is 0.462. The number of imide groups is 1. The number of aromatic nitrogens is 1. The van der Waals surface area contributed by atoms with E-state index in [0.717, 1.165) is 0 Å². The molecule has 0 aromatic carbocycles. The average molecular weight is 290 g/mol. The van der Waals surface area contributed by atoms with Crippen molar-refractivity contribution < 1.29 is 14.5 Å². The van der Waals surface area contributed by atoms with Gasteiger partial charge in [-0.3, -0.25) is 25.0 Å². The Kier molecular flexibility index (Phi) is 3.08. The first-order valence-corrected chi connectivity index (χ1v) is 6.70. The van der Waals surface area contributed by atoms with Crippen LogP contribution in [0.25, 0.3) is 0 Å². The largest absolute Gasteiger partial charge is 0.355 e. The molecular formula is C13H14N4O4. The van der Waals surface area contributed by atoms with E-state index in [1.54, 1.807) is 6.07 Å². The van der Waals surface area contributed by atoms with Gasteiger partial charge in [0.25, 0.3) is 5.69 Å². The van der Waals surface area contributed by atoms with Crippen LogP contribution < -0.4 is 10.2 Å². The topological polar surface area (TPSA) is 105 Å². The number of carbonyl (C=O) groups is 2. The van der Waals surface area contributed by atoms with Crippen LogP contribution in [0.2, 0.25) is 0 Å². The van der Waals surface area contributed by atoms with Gasteiger partial charge in [0.15, 0.2) is 0 Å². The molecule has 1 aromatic heterocycles. The summed E-state index contributed by atoms with van der Waals surface area (Å²) < 4.78 is 0. The number of hydrogen-bond donors (Lipinski definition) is 1. The number of carbonyl (C=O) groups excluding carboxylic acids is 2. The molecule has 3 heterocycles. The fourth-order valence-electron chi connectivity index (χ4n) is 2.92. The highest BCUT2D eigenvalue weighted by Crippen LogP contribution is 2.39. The van der Waals surface area contributed by atoms with Crippen LogP contribution >= 0.6 is 0 Å². The zero-order valence-corrected chi connectivity index (χ0v) is 11.2. The summed E-state index contributed by atoms with van der Waals surface area (Å²) in [6.07, 6.45) is 2.77. The molecule has 8 heteroatoms. The molecular weight excluding hydrogens is 276 g/mol. The van der Waals surface area contributed by atoms with Gasteiger partial charge in [-0.1, -0.05) is 0 Å². The molecule has 0 bridgehead atoms. The second kappa shape index (κ2) is 4.80. The van der Waals surface area contributed by atoms with Gasteiger partial charge < -0.3 is 4.90 Å². The third kappa shape index (κ3) is 2.32. The Bertz CT molecular complexity index is 615. The van der Waals surface area contributed by atoms with Gasteiger partial charge in [-0.25, -0.2) is 4.98 Å². The summed E-state index contributed by atoms with van der Waals surface area (Å²) in [6.45, 7) is 1.13. The summed E-state index contributed by atoms with van der Waals surface area (Å²) in [5.74, 6) is 0.169. The zero-order chi connectivity index (χ0) is 15.0. The second-order valence-electron chi connectivity index (χ2n) is 5.46. The lowest BCUT2D eigenvalue weighted by Gasteiger charge is -2.31. The third-order valence-corrected chi connectivity index (χ3v) is 4.19. The van der Waals surface area contributed by atoms with Crippen molar-refractivity contribution in [3.8, 4) is 0 Å². The molecule has 2 saturated heterocycles. The molecule has 2 aliphatic heterocycles. The number of nitro groups is 1. The maximum Gasteiger partial charge on any atom is 0.287 e. The highest BCUT2D eigenvalue weighted by atomic mass is 16.6. The Labute approximate surface area is 120 Å². The van der Waals surface area contributed by atoms with Crippen LogP contribution in [-0.4, -0.2) is 34.8 Å². The molecule has 8 nitrogen and oxygen atoms in total. The predicted octanol–water partition coefficient (Wildman–Crippen LogP) is 0.623. The molecule has 1 aromatic rings. The first kappa shape index (κ1) is 13.5. The molecule has 110 valence electrons. The van der Waals surface area contributed by atoms with Crippen LogP contribution in [0.15, 0.2) is 18.3 Å². The van der Waals surface area contributed by atoms with Gasteiger partial charge in [-0.15, -0.1) is 0 Å². The minimum absolute atomic E-state index is 0.0614. The van der Waals surface area contributed by atoms with Crippen molar-refractivity contribution in [1.29, 1.82) is 0 Å². The average Bonchev–Trinajstić information content (AvgIpc) is 2.89. The Balaban J connectivity index is 1.76. The van der Waals surface area contributed by atoms with E-state index in [9.17, 15) is 19.7 Å². The van der Waals surface area contributed by atoms with Gasteiger partial charge in [0.05, 0.1) is 10.3 Å². The van der Waals surface area contributed by atoms with Crippen LogP contribution in [0.4, 0.5) is 11.5 Å². The van der Waals surface area contributed by atoms with Crippen molar-refractivity contribution >= 4 is 23.3 Å². The number of rotatable bonds is 2. The normalized spacial score (nSPS) is 25.2. The van der Waals surface area contributed by atoms with E-state index in [1.165, 1.54) is 12.3 Å². The van der Waals surface area contributed by atoms with E-state index in [1.807, 2.05) is 4.90 Å². The van der Waals surface area contributed by atoms with Gasteiger partial charge >= 0.3 is 0 Å². The Hall–Kier alpha value is -2.51. The highest BCUT2D eigenvalue weighted by Gasteiger charge is 2.47. The van der Waals surface area contributed by atoms with Crippen LogP contribution in [0.1, 0.15) is 19.3 Å². The SMILES string of the molecule is O=C1CCC2(CCN(c3ccc([N+](=O)[O-])cn3)C2)C(=O)N1. The number of nitrogens with zero attached hydrogens (tertiary/aromatic N) is 3. The van der Waals surface area contributed by atoms with Gasteiger partial charge in [0, 0.05) is 25.6 Å². The second-order valence-corrected chi connectivity index (χ2v) is 5.46. The maximum absolute atomic E-state index is 12.1. The van der Waals surface area contributed by atoms with E-state index in [2.05, 4.69) is 10.3 Å². The minimum atomic E-state index is -0.544. The number of amides is 2. The molecule has 0 saturated carbocycles. The summed E-state index contributed by atoms with van der Waals surface area (Å²) in [7, 11) is 0. The van der Waals surface area contributed by atoms with Crippen LogP contribution in [-0.2, 0) is 9.59 Å². The minimum Gasteiger partial charge on any atom is -0.355 e. The summed E-state index contributed by atoms with van der Waals surface area (Å²) in [5.41, 5.74) is -0.606. The van der Waals surface area contributed by atoms with E-state index in [-0.39, 0.29) is 17.5 Å². The molecule has 1 atom stereocenters. The zero-order valence-electron chi connectivity index (χ0n) is 11.2. The number of piperidine rings is 1. The van der Waals surface area contributed by atoms with Gasteiger partial charge in [0.2, 0.25) is 11.8 Å². The summed E-state index contributed by atoms with van der Waals surface area (Å²) >= 11 is 0. The molecule has 1 spiro atoms. The van der Waals surface area contributed by atoms with E-state index in [0.29, 0.717) is 38.2 Å². The summed E-state index contributed by atoms with van der Waals surface area (Å²) in [5, 5.41) is 13.0. The number of anilines is 1. The van der Waals surface area contributed by atoms with Crippen molar-refractivity contribution in [2.24, 2.45) is 5.41 Å². The Morgan fingerprint density at radius 3 is 2.76 bits per heavy atom.